The van der Waals surface area contributed by atoms with Crippen LogP contribution in [0, 0.1) is 20.2 Å². The maximum absolute atomic E-state index is 12.2. The van der Waals surface area contributed by atoms with Gasteiger partial charge in [0, 0.05) is 12.1 Å². The predicted molar refractivity (Wildman–Crippen MR) is 72.8 cm³/mol. The van der Waals surface area contributed by atoms with Gasteiger partial charge in [-0.15, -0.1) is 0 Å². The number of nitro benzene ring substituents is 2. The first-order valence-electron chi connectivity index (χ1n) is 6.86. The van der Waals surface area contributed by atoms with Gasteiger partial charge in [-0.25, -0.2) is 4.79 Å². The van der Waals surface area contributed by atoms with Gasteiger partial charge in [0.05, 0.1) is 34.2 Å². The molecule has 0 unspecified atom stereocenters. The molecule has 0 aliphatic carbocycles. The van der Waals surface area contributed by atoms with E-state index in [0.29, 0.717) is 19.4 Å². The molecule has 3 rings (SSSR count). The molecule has 23 heavy (non-hydrogen) atoms. The number of carbonyl (C=O) groups excluding carboxylic acids is 1. The Kier molecular flexibility index (Phi) is 3.92. The van der Waals surface area contributed by atoms with Crippen molar-refractivity contribution in [2.24, 2.45) is 0 Å². The van der Waals surface area contributed by atoms with Gasteiger partial charge in [0.15, 0.2) is 12.4 Å². The smallest absolute Gasteiger partial charge is 0.339 e. The van der Waals surface area contributed by atoms with Crippen LogP contribution in [0.5, 0.6) is 0 Å². The molecule has 0 radical (unpaired) electrons. The highest BCUT2D eigenvalue weighted by Crippen LogP contribution is 2.30. The molecule has 0 saturated carbocycles. The van der Waals surface area contributed by atoms with Crippen molar-refractivity contribution >= 4 is 17.3 Å². The standard InChI is InChI=1S/C13H12N2O8/c16-12(23-11-2-1-10-6-21-13(11)22-10)7-3-8(14(17)18)5-9(4-7)15(19)20/h3-5,10-11,13H,1-2,6H2/t10-,11-,13+/m0/s1. The highest BCUT2D eigenvalue weighted by atomic mass is 16.7. The van der Waals surface area contributed by atoms with E-state index in [4.69, 9.17) is 14.2 Å². The van der Waals surface area contributed by atoms with Crippen molar-refractivity contribution in [1.29, 1.82) is 0 Å². The van der Waals surface area contributed by atoms with Crippen LogP contribution in [0.1, 0.15) is 23.2 Å². The summed E-state index contributed by atoms with van der Waals surface area (Å²) in [5.41, 5.74) is -1.36. The number of non-ortho nitro benzene ring substituents is 2. The number of hydrogen-bond acceptors (Lipinski definition) is 8. The van der Waals surface area contributed by atoms with Gasteiger partial charge in [-0.05, 0) is 12.8 Å². The maximum Gasteiger partial charge on any atom is 0.339 e. The second-order valence-corrected chi connectivity index (χ2v) is 5.23. The van der Waals surface area contributed by atoms with Crippen molar-refractivity contribution in [3.63, 3.8) is 0 Å². The van der Waals surface area contributed by atoms with Crippen LogP contribution in [0.25, 0.3) is 0 Å². The zero-order valence-electron chi connectivity index (χ0n) is 11.7. The van der Waals surface area contributed by atoms with E-state index < -0.39 is 39.6 Å². The topological polar surface area (TPSA) is 131 Å². The van der Waals surface area contributed by atoms with Crippen LogP contribution >= 0.6 is 0 Å². The summed E-state index contributed by atoms with van der Waals surface area (Å²) in [5, 5.41) is 21.7. The van der Waals surface area contributed by atoms with Crippen LogP contribution in [0.4, 0.5) is 11.4 Å². The van der Waals surface area contributed by atoms with E-state index in [1.807, 2.05) is 0 Å². The fourth-order valence-electron chi connectivity index (χ4n) is 2.55. The Hall–Kier alpha value is -2.59. The van der Waals surface area contributed by atoms with Gasteiger partial charge in [-0.2, -0.15) is 0 Å². The Morgan fingerprint density at radius 3 is 2.39 bits per heavy atom. The van der Waals surface area contributed by atoms with Gasteiger partial charge in [-0.1, -0.05) is 0 Å². The molecule has 10 heteroatoms. The molecule has 0 aromatic heterocycles. The SMILES string of the molecule is O=C(O[C@H]1CC[C@H]2CO[C@@H]1O2)c1cc([N+](=O)[O-])cc([N+](=O)[O-])c1. The number of carbonyl (C=O) groups is 1. The van der Waals surface area contributed by atoms with Crippen molar-refractivity contribution < 1.29 is 28.9 Å². The second kappa shape index (κ2) is 5.89. The first kappa shape index (κ1) is 15.3. The van der Waals surface area contributed by atoms with Crippen molar-refractivity contribution in [3.8, 4) is 0 Å². The maximum atomic E-state index is 12.2. The molecule has 2 saturated heterocycles. The average Bonchev–Trinajstić information content (AvgIpc) is 2.92. The average molecular weight is 324 g/mol. The van der Waals surface area contributed by atoms with Crippen LogP contribution in [-0.2, 0) is 14.2 Å². The number of esters is 1. The van der Waals surface area contributed by atoms with E-state index in [9.17, 15) is 25.0 Å². The molecule has 3 atom stereocenters. The van der Waals surface area contributed by atoms with E-state index in [1.165, 1.54) is 0 Å². The third kappa shape index (κ3) is 3.12. The highest BCUT2D eigenvalue weighted by molar-refractivity contribution is 5.91. The normalized spacial score (nSPS) is 25.8. The summed E-state index contributed by atoms with van der Waals surface area (Å²) in [6.45, 7) is 0.432. The van der Waals surface area contributed by atoms with E-state index in [-0.39, 0.29) is 11.7 Å². The van der Waals surface area contributed by atoms with Crippen molar-refractivity contribution in [2.75, 3.05) is 6.61 Å². The number of rotatable bonds is 4. The molecule has 0 amide bonds. The first-order chi connectivity index (χ1) is 10.9. The van der Waals surface area contributed by atoms with Gasteiger partial charge >= 0.3 is 5.97 Å². The lowest BCUT2D eigenvalue weighted by molar-refractivity contribution is -0.394. The molecule has 10 nitrogen and oxygen atoms in total. The van der Waals surface area contributed by atoms with E-state index in [0.717, 1.165) is 18.2 Å². The molecule has 0 spiro atoms. The number of benzene rings is 1. The van der Waals surface area contributed by atoms with Crippen LogP contribution in [0.2, 0.25) is 0 Å². The summed E-state index contributed by atoms with van der Waals surface area (Å²) in [5.74, 6) is -0.889. The number of ether oxygens (including phenoxy) is 3. The van der Waals surface area contributed by atoms with Gasteiger partial charge in [-0.3, -0.25) is 20.2 Å². The Bertz CT molecular complexity index is 644. The van der Waals surface area contributed by atoms with Crippen molar-refractivity contribution in [2.45, 2.75) is 31.3 Å². The summed E-state index contributed by atoms with van der Waals surface area (Å²) in [6.07, 6.45) is -0.0958. The second-order valence-electron chi connectivity index (χ2n) is 5.23. The van der Waals surface area contributed by atoms with Gasteiger partial charge in [0.2, 0.25) is 0 Å². The molecule has 2 bridgehead atoms. The monoisotopic (exact) mass is 324 g/mol. The fraction of sp³-hybridized carbons (Fsp3) is 0.462. The third-order valence-electron chi connectivity index (χ3n) is 3.67. The van der Waals surface area contributed by atoms with E-state index in [1.54, 1.807) is 0 Å². The van der Waals surface area contributed by atoms with Crippen molar-refractivity contribution in [1.82, 2.24) is 0 Å². The summed E-state index contributed by atoms with van der Waals surface area (Å²) in [4.78, 5) is 32.2. The Labute approximate surface area is 129 Å². The molecule has 2 fully saturated rings. The summed E-state index contributed by atoms with van der Waals surface area (Å²) in [6, 6.07) is 2.67. The summed E-state index contributed by atoms with van der Waals surface area (Å²) >= 11 is 0. The first-order valence-corrected chi connectivity index (χ1v) is 6.86. The Balaban J connectivity index is 1.81. The highest BCUT2D eigenvalue weighted by Gasteiger charge is 2.40. The summed E-state index contributed by atoms with van der Waals surface area (Å²) in [7, 11) is 0. The Morgan fingerprint density at radius 2 is 1.78 bits per heavy atom. The van der Waals surface area contributed by atoms with Crippen molar-refractivity contribution in [3.05, 3.63) is 44.0 Å². The molecule has 0 N–H and O–H groups in total. The summed E-state index contributed by atoms with van der Waals surface area (Å²) < 4.78 is 16.0. The lowest BCUT2D eigenvalue weighted by atomic mass is 10.1. The van der Waals surface area contributed by atoms with Crippen LogP contribution in [0.15, 0.2) is 18.2 Å². The lowest BCUT2D eigenvalue weighted by Gasteiger charge is -2.26. The quantitative estimate of drug-likeness (QED) is 0.463. The molecular weight excluding hydrogens is 312 g/mol. The zero-order valence-corrected chi connectivity index (χ0v) is 11.7. The van der Waals surface area contributed by atoms with Gasteiger partial charge in [0.25, 0.3) is 11.4 Å². The molecule has 2 heterocycles. The third-order valence-corrected chi connectivity index (χ3v) is 3.67. The number of fused-ring (bicyclic) bond motifs is 2. The van der Waals surface area contributed by atoms with Crippen LogP contribution in [0.3, 0.4) is 0 Å². The van der Waals surface area contributed by atoms with Gasteiger partial charge < -0.3 is 14.2 Å². The number of hydrogen-bond donors (Lipinski definition) is 0. The number of nitrogens with zero attached hydrogens (tertiary/aromatic N) is 2. The molecule has 1 aromatic carbocycles. The van der Waals surface area contributed by atoms with E-state index >= 15 is 0 Å². The number of nitro groups is 2. The minimum absolute atomic E-state index is 0.00569. The lowest BCUT2D eigenvalue weighted by Crippen LogP contribution is -2.36. The minimum Gasteiger partial charge on any atom is -0.453 e. The molecule has 1 aromatic rings. The fourth-order valence-corrected chi connectivity index (χ4v) is 2.55. The minimum atomic E-state index is -0.889. The van der Waals surface area contributed by atoms with Crippen LogP contribution < -0.4 is 0 Å². The van der Waals surface area contributed by atoms with E-state index in [2.05, 4.69) is 0 Å². The van der Waals surface area contributed by atoms with Crippen LogP contribution in [-0.4, -0.2) is 40.9 Å². The Morgan fingerprint density at radius 1 is 1.13 bits per heavy atom. The molecular formula is C13H12N2O8. The van der Waals surface area contributed by atoms with Gasteiger partial charge in [0.1, 0.15) is 0 Å². The molecule has 2 aliphatic heterocycles. The molecule has 2 aliphatic rings. The largest absolute Gasteiger partial charge is 0.453 e. The predicted octanol–water partition coefficient (Wildman–Crippen LogP) is 1.56. The molecule has 122 valence electrons. The zero-order chi connectivity index (χ0) is 16.6.